The van der Waals surface area contributed by atoms with Crippen LogP contribution in [0.15, 0.2) is 24.4 Å². The highest BCUT2D eigenvalue weighted by molar-refractivity contribution is 6.05. The maximum atomic E-state index is 12.4. The van der Waals surface area contributed by atoms with Crippen LogP contribution in [0.3, 0.4) is 0 Å². The molecule has 7 N–H and O–H groups in total. The SMILES string of the molecule is CCC(NC(N)=O)C(=O)NC[C@H](CO)NC(=O)c1cccc2cn[nH]c12. The molecule has 2 atom stereocenters. The van der Waals surface area contributed by atoms with E-state index in [1.54, 1.807) is 25.3 Å². The first kappa shape index (κ1) is 19.2. The summed E-state index contributed by atoms with van der Waals surface area (Å²) in [5.74, 6) is -0.856. The Morgan fingerprint density at radius 1 is 1.31 bits per heavy atom. The Balaban J connectivity index is 1.96. The highest BCUT2D eigenvalue weighted by atomic mass is 16.3. The summed E-state index contributed by atoms with van der Waals surface area (Å²) in [6.45, 7) is 1.35. The molecular weight excluding hydrogens is 340 g/mol. The van der Waals surface area contributed by atoms with Crippen molar-refractivity contribution in [3.05, 3.63) is 30.0 Å². The van der Waals surface area contributed by atoms with E-state index < -0.39 is 29.9 Å². The third kappa shape index (κ3) is 4.70. The number of hydrogen-bond acceptors (Lipinski definition) is 5. The van der Waals surface area contributed by atoms with Crippen LogP contribution >= 0.6 is 0 Å². The lowest BCUT2D eigenvalue weighted by Crippen LogP contribution is -2.52. The summed E-state index contributed by atoms with van der Waals surface area (Å²) in [5, 5.41) is 24.5. The van der Waals surface area contributed by atoms with Crippen LogP contribution in [-0.4, -0.2) is 58.4 Å². The van der Waals surface area contributed by atoms with E-state index in [0.29, 0.717) is 17.5 Å². The Morgan fingerprint density at radius 3 is 2.73 bits per heavy atom. The number of para-hydroxylation sites is 1. The molecule has 0 radical (unpaired) electrons. The number of nitrogens with zero attached hydrogens (tertiary/aromatic N) is 1. The number of primary amides is 1. The van der Waals surface area contributed by atoms with Gasteiger partial charge in [0.05, 0.1) is 29.9 Å². The molecule has 2 rings (SSSR count). The minimum Gasteiger partial charge on any atom is -0.394 e. The molecule has 0 aliphatic heterocycles. The van der Waals surface area contributed by atoms with Crippen LogP contribution in [0.2, 0.25) is 0 Å². The van der Waals surface area contributed by atoms with E-state index in [9.17, 15) is 19.5 Å². The number of urea groups is 1. The standard InChI is InChI=1S/C16H22N6O4/c1-2-12(21-16(17)26)15(25)18-7-10(8-23)20-14(24)11-5-3-4-9-6-19-22-13(9)11/h3-6,10,12,23H,2,7-8H2,1H3,(H,18,25)(H,19,22)(H,20,24)(H3,17,21,26)/t10-,12?/m1/s1. The smallest absolute Gasteiger partial charge is 0.312 e. The molecule has 0 aliphatic carbocycles. The fourth-order valence-corrected chi connectivity index (χ4v) is 2.45. The van der Waals surface area contributed by atoms with Gasteiger partial charge in [0.25, 0.3) is 5.91 Å². The molecule has 0 fully saturated rings. The van der Waals surface area contributed by atoms with Crippen molar-refractivity contribution in [2.75, 3.05) is 13.2 Å². The number of aliphatic hydroxyl groups is 1. The summed E-state index contributed by atoms with van der Waals surface area (Å²) in [6.07, 6.45) is 1.96. The zero-order valence-corrected chi connectivity index (χ0v) is 14.3. The summed E-state index contributed by atoms with van der Waals surface area (Å²) >= 11 is 0. The second-order valence-corrected chi connectivity index (χ2v) is 5.71. The van der Waals surface area contributed by atoms with Crippen molar-refractivity contribution >= 4 is 28.7 Å². The zero-order valence-electron chi connectivity index (χ0n) is 14.3. The second kappa shape index (κ2) is 8.81. The number of benzene rings is 1. The lowest BCUT2D eigenvalue weighted by atomic mass is 10.1. The summed E-state index contributed by atoms with van der Waals surface area (Å²) in [4.78, 5) is 35.4. The fraction of sp³-hybridized carbons (Fsp3) is 0.375. The van der Waals surface area contributed by atoms with Crippen molar-refractivity contribution in [2.24, 2.45) is 5.73 Å². The third-order valence-electron chi connectivity index (χ3n) is 3.84. The van der Waals surface area contributed by atoms with Gasteiger partial charge >= 0.3 is 6.03 Å². The first-order valence-electron chi connectivity index (χ1n) is 8.13. The minimum absolute atomic E-state index is 0.00301. The average molecular weight is 362 g/mol. The normalized spacial score (nSPS) is 13.0. The van der Waals surface area contributed by atoms with Crippen LogP contribution in [0.4, 0.5) is 4.79 Å². The number of nitrogens with one attached hydrogen (secondary N) is 4. The number of hydrogen-bond donors (Lipinski definition) is 6. The van der Waals surface area contributed by atoms with Crippen molar-refractivity contribution < 1.29 is 19.5 Å². The van der Waals surface area contributed by atoms with Gasteiger partial charge in [0.2, 0.25) is 5.91 Å². The Kier molecular flexibility index (Phi) is 6.50. The van der Waals surface area contributed by atoms with Crippen LogP contribution < -0.4 is 21.7 Å². The van der Waals surface area contributed by atoms with Gasteiger partial charge in [0, 0.05) is 11.9 Å². The van der Waals surface area contributed by atoms with Crippen LogP contribution in [0.25, 0.3) is 10.9 Å². The quantitative estimate of drug-likeness (QED) is 0.362. The average Bonchev–Trinajstić information content (AvgIpc) is 3.11. The molecule has 2 aromatic rings. The van der Waals surface area contributed by atoms with Crippen molar-refractivity contribution in [3.8, 4) is 0 Å². The van der Waals surface area contributed by atoms with Crippen LogP contribution in [0, 0.1) is 0 Å². The highest BCUT2D eigenvalue weighted by Gasteiger charge is 2.20. The topological polar surface area (TPSA) is 162 Å². The van der Waals surface area contributed by atoms with E-state index in [4.69, 9.17) is 5.73 Å². The lowest BCUT2D eigenvalue weighted by Gasteiger charge is -2.20. The third-order valence-corrected chi connectivity index (χ3v) is 3.84. The number of amides is 4. The first-order chi connectivity index (χ1) is 12.5. The molecule has 1 heterocycles. The fourth-order valence-electron chi connectivity index (χ4n) is 2.45. The van der Waals surface area contributed by atoms with E-state index in [2.05, 4.69) is 26.1 Å². The number of carbonyl (C=O) groups is 3. The highest BCUT2D eigenvalue weighted by Crippen LogP contribution is 2.15. The number of fused-ring (bicyclic) bond motifs is 1. The second-order valence-electron chi connectivity index (χ2n) is 5.71. The van der Waals surface area contributed by atoms with E-state index in [1.165, 1.54) is 0 Å². The number of rotatable bonds is 8. The maximum absolute atomic E-state index is 12.4. The summed E-state index contributed by atoms with van der Waals surface area (Å²) in [6, 6.07) is 2.90. The van der Waals surface area contributed by atoms with Gasteiger partial charge in [-0.25, -0.2) is 4.79 Å². The molecular formula is C16H22N6O4. The van der Waals surface area contributed by atoms with Crippen LogP contribution in [0.1, 0.15) is 23.7 Å². The van der Waals surface area contributed by atoms with Crippen molar-refractivity contribution in [2.45, 2.75) is 25.4 Å². The summed E-state index contributed by atoms with van der Waals surface area (Å²) in [5.41, 5.74) is 5.99. The Hall–Kier alpha value is -3.14. The number of carbonyl (C=O) groups excluding carboxylic acids is 3. The number of nitrogens with two attached hydrogens (primary N) is 1. The van der Waals surface area contributed by atoms with Gasteiger partial charge in [0.1, 0.15) is 6.04 Å². The van der Waals surface area contributed by atoms with Crippen molar-refractivity contribution in [3.63, 3.8) is 0 Å². The van der Waals surface area contributed by atoms with Gasteiger partial charge < -0.3 is 26.8 Å². The maximum Gasteiger partial charge on any atom is 0.312 e. The summed E-state index contributed by atoms with van der Waals surface area (Å²) < 4.78 is 0. The van der Waals surface area contributed by atoms with Crippen LogP contribution in [-0.2, 0) is 4.79 Å². The molecule has 0 saturated carbocycles. The van der Waals surface area contributed by atoms with Gasteiger partial charge in [-0.15, -0.1) is 0 Å². The molecule has 1 aromatic heterocycles. The van der Waals surface area contributed by atoms with Gasteiger partial charge in [-0.1, -0.05) is 19.1 Å². The minimum atomic E-state index is -0.799. The van der Waals surface area contributed by atoms with E-state index in [1.807, 2.05) is 6.07 Å². The molecule has 1 unspecified atom stereocenters. The predicted molar refractivity (Wildman–Crippen MR) is 94.2 cm³/mol. The largest absolute Gasteiger partial charge is 0.394 e. The van der Waals surface area contributed by atoms with Gasteiger partial charge in [-0.05, 0) is 12.5 Å². The molecule has 26 heavy (non-hydrogen) atoms. The number of aromatic amines is 1. The van der Waals surface area contributed by atoms with E-state index in [0.717, 1.165) is 5.39 Å². The van der Waals surface area contributed by atoms with Gasteiger partial charge in [-0.2, -0.15) is 5.10 Å². The van der Waals surface area contributed by atoms with E-state index in [-0.39, 0.29) is 13.2 Å². The molecule has 10 nitrogen and oxygen atoms in total. The van der Waals surface area contributed by atoms with E-state index >= 15 is 0 Å². The Morgan fingerprint density at radius 2 is 2.08 bits per heavy atom. The molecule has 0 saturated heterocycles. The molecule has 0 bridgehead atoms. The van der Waals surface area contributed by atoms with Gasteiger partial charge in [0.15, 0.2) is 0 Å². The molecule has 0 spiro atoms. The molecule has 10 heteroatoms. The predicted octanol–water partition coefficient (Wildman–Crippen LogP) is -0.783. The lowest BCUT2D eigenvalue weighted by molar-refractivity contribution is -0.123. The zero-order chi connectivity index (χ0) is 19.1. The Labute approximate surface area is 149 Å². The number of aromatic nitrogens is 2. The monoisotopic (exact) mass is 362 g/mol. The number of H-pyrrole nitrogens is 1. The Bertz CT molecular complexity index is 790. The first-order valence-corrected chi connectivity index (χ1v) is 8.13. The van der Waals surface area contributed by atoms with Crippen molar-refractivity contribution in [1.82, 2.24) is 26.1 Å². The number of aliphatic hydroxyl groups excluding tert-OH is 1. The van der Waals surface area contributed by atoms with Crippen molar-refractivity contribution in [1.29, 1.82) is 0 Å². The molecule has 0 aliphatic rings. The summed E-state index contributed by atoms with van der Waals surface area (Å²) in [7, 11) is 0. The molecule has 1 aromatic carbocycles. The molecule has 140 valence electrons. The molecule has 4 amide bonds. The van der Waals surface area contributed by atoms with Gasteiger partial charge in [-0.3, -0.25) is 14.7 Å². The van der Waals surface area contributed by atoms with Crippen LogP contribution in [0.5, 0.6) is 0 Å².